The van der Waals surface area contributed by atoms with E-state index in [1.165, 1.54) is 29.8 Å². The van der Waals surface area contributed by atoms with E-state index >= 15 is 0 Å². The zero-order valence-electron chi connectivity index (χ0n) is 7.29. The minimum Gasteiger partial charge on any atom is -0.325 e. The van der Waals surface area contributed by atoms with Gasteiger partial charge in [-0.1, -0.05) is 0 Å². The van der Waals surface area contributed by atoms with Gasteiger partial charge in [0.25, 0.3) is 0 Å². The highest BCUT2D eigenvalue weighted by atomic mass is 32.1. The van der Waals surface area contributed by atoms with Crippen molar-refractivity contribution in [3.8, 4) is 0 Å². The van der Waals surface area contributed by atoms with E-state index in [-0.39, 0.29) is 0 Å². The van der Waals surface area contributed by atoms with Crippen molar-refractivity contribution >= 4 is 16.3 Å². The smallest absolute Gasteiger partial charge is 0.194 e. The molecule has 2 aromatic heterocycles. The lowest BCUT2D eigenvalue weighted by Crippen LogP contribution is -1.95. The molecule has 13 heavy (non-hydrogen) atoms. The van der Waals surface area contributed by atoms with Gasteiger partial charge in [-0.2, -0.15) is 0 Å². The van der Waals surface area contributed by atoms with Gasteiger partial charge in [0.05, 0.1) is 5.69 Å². The predicted molar refractivity (Wildman–Crippen MR) is 53.0 cm³/mol. The summed E-state index contributed by atoms with van der Waals surface area (Å²) in [7, 11) is 0. The maximum absolute atomic E-state index is 5.55. The van der Waals surface area contributed by atoms with Gasteiger partial charge in [-0.05, 0) is 19.3 Å². The number of aryl methyl sites for hydroxylation is 2. The summed E-state index contributed by atoms with van der Waals surface area (Å²) in [6, 6.07) is 0. The molecule has 0 unspecified atom stereocenters. The van der Waals surface area contributed by atoms with Gasteiger partial charge in [0.2, 0.25) is 0 Å². The number of nitrogens with zero attached hydrogens (tertiary/aromatic N) is 2. The zero-order chi connectivity index (χ0) is 8.84. The Bertz CT molecular complexity index is 455. The van der Waals surface area contributed by atoms with Gasteiger partial charge >= 0.3 is 0 Å². The van der Waals surface area contributed by atoms with E-state index in [9.17, 15) is 0 Å². The third-order valence-corrected chi connectivity index (χ3v) is 3.73. The van der Waals surface area contributed by atoms with E-state index < -0.39 is 0 Å². The van der Waals surface area contributed by atoms with Crippen LogP contribution in [0.2, 0.25) is 0 Å². The van der Waals surface area contributed by atoms with E-state index in [0.29, 0.717) is 6.54 Å². The Morgan fingerprint density at radius 2 is 2.46 bits per heavy atom. The summed E-state index contributed by atoms with van der Waals surface area (Å²) in [6.07, 6.45) is 5.82. The number of rotatable bonds is 1. The molecule has 0 saturated carbocycles. The van der Waals surface area contributed by atoms with Gasteiger partial charge in [-0.3, -0.25) is 4.40 Å². The number of imidazole rings is 1. The first-order chi connectivity index (χ1) is 6.38. The van der Waals surface area contributed by atoms with Gasteiger partial charge < -0.3 is 5.73 Å². The highest BCUT2D eigenvalue weighted by Crippen LogP contribution is 2.30. The molecule has 68 valence electrons. The molecule has 0 fully saturated rings. The van der Waals surface area contributed by atoms with Crippen molar-refractivity contribution < 1.29 is 0 Å². The standard InChI is InChI=1S/C9H11N3S/c10-4-6-5-12-7-2-1-3-8(7)13-9(12)11-6/h5H,1-4,10H2. The molecule has 4 heteroatoms. The van der Waals surface area contributed by atoms with E-state index in [4.69, 9.17) is 5.73 Å². The molecule has 2 heterocycles. The first-order valence-corrected chi connectivity index (χ1v) is 5.38. The minimum atomic E-state index is 0.545. The predicted octanol–water partition coefficient (Wildman–Crippen LogP) is 1.34. The first kappa shape index (κ1) is 7.53. The lowest BCUT2D eigenvalue weighted by molar-refractivity contribution is 0.887. The molecule has 2 N–H and O–H groups in total. The van der Waals surface area contributed by atoms with Crippen molar-refractivity contribution in [2.45, 2.75) is 25.8 Å². The van der Waals surface area contributed by atoms with Crippen LogP contribution in [-0.2, 0) is 19.4 Å². The van der Waals surface area contributed by atoms with Crippen LogP contribution in [-0.4, -0.2) is 9.38 Å². The van der Waals surface area contributed by atoms with Crippen LogP contribution >= 0.6 is 11.3 Å². The molecule has 3 rings (SSSR count). The van der Waals surface area contributed by atoms with E-state index in [0.717, 1.165) is 10.7 Å². The van der Waals surface area contributed by atoms with Crippen LogP contribution in [0.4, 0.5) is 0 Å². The number of aromatic nitrogens is 2. The summed E-state index contributed by atoms with van der Waals surface area (Å²) in [6.45, 7) is 0.545. The van der Waals surface area contributed by atoms with Crippen LogP contribution in [0.5, 0.6) is 0 Å². The number of fused-ring (bicyclic) bond motifs is 3. The fourth-order valence-corrected chi connectivity index (χ4v) is 3.16. The van der Waals surface area contributed by atoms with Crippen LogP contribution in [0.15, 0.2) is 6.20 Å². The van der Waals surface area contributed by atoms with E-state index in [2.05, 4.69) is 15.6 Å². The third kappa shape index (κ3) is 0.957. The molecule has 0 aliphatic heterocycles. The van der Waals surface area contributed by atoms with E-state index in [1.807, 2.05) is 11.3 Å². The van der Waals surface area contributed by atoms with Crippen molar-refractivity contribution in [1.29, 1.82) is 0 Å². The quantitative estimate of drug-likeness (QED) is 0.742. The number of hydrogen-bond donors (Lipinski definition) is 1. The van der Waals surface area contributed by atoms with Gasteiger partial charge in [-0.15, -0.1) is 11.3 Å². The van der Waals surface area contributed by atoms with Crippen LogP contribution in [0.1, 0.15) is 22.7 Å². The second-order valence-corrected chi connectivity index (χ2v) is 4.48. The molecule has 2 aromatic rings. The molecule has 0 saturated heterocycles. The fraction of sp³-hybridized carbons (Fsp3) is 0.444. The normalized spacial score (nSPS) is 15.5. The Balaban J connectivity index is 2.27. The molecule has 0 spiro atoms. The molecule has 0 radical (unpaired) electrons. The van der Waals surface area contributed by atoms with Crippen molar-refractivity contribution in [2.24, 2.45) is 5.73 Å². The van der Waals surface area contributed by atoms with Gasteiger partial charge in [-0.25, -0.2) is 4.98 Å². The van der Waals surface area contributed by atoms with Gasteiger partial charge in [0.1, 0.15) is 0 Å². The Labute approximate surface area is 80.2 Å². The third-order valence-electron chi connectivity index (χ3n) is 2.58. The molecule has 1 aliphatic rings. The van der Waals surface area contributed by atoms with Crippen molar-refractivity contribution in [3.05, 3.63) is 22.5 Å². The molecular weight excluding hydrogens is 182 g/mol. The maximum atomic E-state index is 5.55. The van der Waals surface area contributed by atoms with E-state index in [1.54, 1.807) is 0 Å². The largest absolute Gasteiger partial charge is 0.325 e. The molecular formula is C9H11N3S. The molecule has 1 aliphatic carbocycles. The summed E-state index contributed by atoms with van der Waals surface area (Å²) in [5.41, 5.74) is 8.01. The number of nitrogens with two attached hydrogens (primary N) is 1. The van der Waals surface area contributed by atoms with Gasteiger partial charge in [0, 0.05) is 23.3 Å². The summed E-state index contributed by atoms with van der Waals surface area (Å²) in [5, 5.41) is 0. The average molecular weight is 193 g/mol. The minimum absolute atomic E-state index is 0.545. The van der Waals surface area contributed by atoms with Crippen molar-refractivity contribution in [3.63, 3.8) is 0 Å². The SMILES string of the molecule is NCc1cn2c3c(sc2n1)CCC3. The molecule has 0 aromatic carbocycles. The molecule has 0 amide bonds. The van der Waals surface area contributed by atoms with Crippen LogP contribution < -0.4 is 5.73 Å². The van der Waals surface area contributed by atoms with Gasteiger partial charge in [0.15, 0.2) is 4.96 Å². The van der Waals surface area contributed by atoms with Crippen molar-refractivity contribution in [1.82, 2.24) is 9.38 Å². The maximum Gasteiger partial charge on any atom is 0.194 e. The van der Waals surface area contributed by atoms with Crippen molar-refractivity contribution in [2.75, 3.05) is 0 Å². The van der Waals surface area contributed by atoms with Crippen LogP contribution in [0.25, 0.3) is 4.96 Å². The Morgan fingerprint density at radius 1 is 1.54 bits per heavy atom. The highest BCUT2D eigenvalue weighted by Gasteiger charge is 2.18. The lowest BCUT2D eigenvalue weighted by Gasteiger charge is -1.89. The lowest BCUT2D eigenvalue weighted by atomic mass is 10.4. The number of thiazole rings is 1. The summed E-state index contributed by atoms with van der Waals surface area (Å²) in [5.74, 6) is 0. The fourth-order valence-electron chi connectivity index (χ4n) is 1.95. The Kier molecular flexibility index (Phi) is 1.48. The second-order valence-electron chi connectivity index (χ2n) is 3.41. The number of hydrogen-bond acceptors (Lipinski definition) is 3. The highest BCUT2D eigenvalue weighted by molar-refractivity contribution is 7.17. The molecule has 0 bridgehead atoms. The molecule has 0 atom stereocenters. The Morgan fingerprint density at radius 3 is 3.31 bits per heavy atom. The zero-order valence-corrected chi connectivity index (χ0v) is 8.10. The summed E-state index contributed by atoms with van der Waals surface area (Å²) < 4.78 is 2.22. The first-order valence-electron chi connectivity index (χ1n) is 4.57. The monoisotopic (exact) mass is 193 g/mol. The summed E-state index contributed by atoms with van der Waals surface area (Å²) in [4.78, 5) is 7.09. The average Bonchev–Trinajstić information content (AvgIpc) is 2.72. The second kappa shape index (κ2) is 2.56. The summed E-state index contributed by atoms with van der Waals surface area (Å²) >= 11 is 1.82. The topological polar surface area (TPSA) is 43.3 Å². The van der Waals surface area contributed by atoms with Crippen LogP contribution in [0.3, 0.4) is 0 Å². The molecule has 3 nitrogen and oxygen atoms in total. The Hall–Kier alpha value is -0.870. The van der Waals surface area contributed by atoms with Crippen LogP contribution in [0, 0.1) is 0 Å².